The Kier molecular flexibility index (Phi) is 6.94. The number of nitrogens with zero attached hydrogens (tertiary/aromatic N) is 6. The predicted molar refractivity (Wildman–Crippen MR) is 218 cm³/mol. The van der Waals surface area contributed by atoms with E-state index >= 15 is 0 Å². The molecule has 0 bridgehead atoms. The smallest absolute Gasteiger partial charge is 0.182 e. The van der Waals surface area contributed by atoms with Crippen molar-refractivity contribution in [3.8, 4) is 22.8 Å². The largest absolute Gasteiger partial charge is 0.309 e. The highest BCUT2D eigenvalue weighted by Gasteiger charge is 2.18. The molecule has 0 fully saturated rings. The van der Waals surface area contributed by atoms with Crippen LogP contribution in [-0.2, 0) is 0 Å². The molecule has 246 valence electrons. The van der Waals surface area contributed by atoms with Crippen molar-refractivity contribution in [1.82, 2.24) is 24.3 Å². The molecule has 6 aromatic carbocycles. The van der Waals surface area contributed by atoms with E-state index in [9.17, 15) is 0 Å². The van der Waals surface area contributed by atoms with Gasteiger partial charge in [0.05, 0.1) is 27.8 Å². The molecule has 0 amide bonds. The second-order valence-electron chi connectivity index (χ2n) is 12.9. The fourth-order valence-corrected chi connectivity index (χ4v) is 8.42. The summed E-state index contributed by atoms with van der Waals surface area (Å²) in [6.45, 7) is 6.10. The van der Waals surface area contributed by atoms with Gasteiger partial charge in [-0.3, -0.25) is 4.99 Å². The number of aliphatic imine (C=N–C) groups is 1. The zero-order valence-corrected chi connectivity index (χ0v) is 29.0. The van der Waals surface area contributed by atoms with E-state index in [1.807, 2.05) is 12.1 Å². The van der Waals surface area contributed by atoms with Gasteiger partial charge in [0.1, 0.15) is 5.52 Å². The number of hydrogen-bond acceptors (Lipinski definition) is 5. The lowest BCUT2D eigenvalue weighted by molar-refractivity contribution is 1.04. The number of aromatic nitrogens is 5. The van der Waals surface area contributed by atoms with Crippen molar-refractivity contribution < 1.29 is 0 Å². The number of benzene rings is 6. The summed E-state index contributed by atoms with van der Waals surface area (Å²) in [5.74, 6) is 0.577. The van der Waals surface area contributed by atoms with Crippen LogP contribution in [0.3, 0.4) is 0 Å². The molecule has 0 unspecified atom stereocenters. The fourth-order valence-electron chi connectivity index (χ4n) is 7.53. The second-order valence-corrected chi connectivity index (χ2v) is 14.1. The Morgan fingerprint density at radius 3 is 1.81 bits per heavy atom. The summed E-state index contributed by atoms with van der Waals surface area (Å²) in [7, 11) is 0. The van der Waals surface area contributed by atoms with Crippen molar-refractivity contribution >= 4 is 83.8 Å². The van der Waals surface area contributed by atoms with Crippen LogP contribution in [0.4, 0.5) is 0 Å². The molecular weight excluding hydrogens is 657 g/mol. The maximum absolute atomic E-state index is 5.16. The average molecular weight is 687 g/mol. The molecule has 4 aromatic heterocycles. The van der Waals surface area contributed by atoms with E-state index < -0.39 is 0 Å². The molecule has 0 N–H and O–H groups in total. The Morgan fingerprint density at radius 1 is 0.615 bits per heavy atom. The Morgan fingerprint density at radius 2 is 1.17 bits per heavy atom. The van der Waals surface area contributed by atoms with Gasteiger partial charge < -0.3 is 9.13 Å². The minimum absolute atomic E-state index is 0.577. The fraction of sp³-hybridized carbons (Fsp3) is 0.0222. The van der Waals surface area contributed by atoms with E-state index in [1.54, 1.807) is 11.3 Å². The van der Waals surface area contributed by atoms with Crippen LogP contribution in [0.25, 0.3) is 88.5 Å². The van der Waals surface area contributed by atoms with Crippen LogP contribution in [0, 0.1) is 6.92 Å². The number of thiophene rings is 1. The standard InChI is InChI=1S/C45H30N6S/c1-28-37(27-38(46-2)29-21-23-35-33-17-9-11-19-39(33)50(41(35)25-29)31-13-5-3-6-14-31)43-45(52-28)49-48-44(47-43)30-22-24-36-34-18-10-12-20-40(34)51(42(36)26-30)32-15-7-4-8-16-32/h3-27H,2H2,1H3/b38-27-. The highest BCUT2D eigenvalue weighted by Crippen LogP contribution is 2.38. The third-order valence-corrected chi connectivity index (χ3v) is 10.9. The van der Waals surface area contributed by atoms with Crippen molar-refractivity contribution in [2.45, 2.75) is 6.92 Å². The van der Waals surface area contributed by atoms with Gasteiger partial charge in [0, 0.05) is 54.5 Å². The Labute approximate surface area is 303 Å². The van der Waals surface area contributed by atoms with E-state index in [2.05, 4.69) is 178 Å². The van der Waals surface area contributed by atoms with Gasteiger partial charge in [-0.15, -0.1) is 21.5 Å². The van der Waals surface area contributed by atoms with Gasteiger partial charge in [-0.1, -0.05) is 97.1 Å². The molecule has 0 saturated heterocycles. The van der Waals surface area contributed by atoms with Gasteiger partial charge in [0.15, 0.2) is 10.7 Å². The van der Waals surface area contributed by atoms with E-state index in [-0.39, 0.29) is 0 Å². The van der Waals surface area contributed by atoms with E-state index in [4.69, 9.17) is 4.98 Å². The van der Waals surface area contributed by atoms with Gasteiger partial charge >= 0.3 is 0 Å². The lowest BCUT2D eigenvalue weighted by Crippen LogP contribution is -1.95. The summed E-state index contributed by atoms with van der Waals surface area (Å²) >= 11 is 1.59. The molecule has 0 aliphatic carbocycles. The number of aryl methyl sites for hydroxylation is 1. The third kappa shape index (κ3) is 4.71. The minimum Gasteiger partial charge on any atom is -0.309 e. The second kappa shape index (κ2) is 12.0. The topological polar surface area (TPSA) is 60.9 Å². The molecule has 7 heteroatoms. The van der Waals surface area contributed by atoms with Gasteiger partial charge in [-0.05, 0) is 68.2 Å². The molecule has 0 saturated carbocycles. The number of hydrogen-bond donors (Lipinski definition) is 0. The molecule has 10 aromatic rings. The number of fused-ring (bicyclic) bond motifs is 7. The summed E-state index contributed by atoms with van der Waals surface area (Å²) < 4.78 is 4.62. The minimum atomic E-state index is 0.577. The van der Waals surface area contributed by atoms with Crippen LogP contribution in [0.1, 0.15) is 16.0 Å². The molecule has 0 atom stereocenters. The van der Waals surface area contributed by atoms with E-state index in [0.717, 1.165) is 71.1 Å². The predicted octanol–water partition coefficient (Wildman–Crippen LogP) is 11.5. The van der Waals surface area contributed by atoms with Crippen LogP contribution < -0.4 is 0 Å². The molecule has 10 rings (SSSR count). The van der Waals surface area contributed by atoms with Crippen molar-refractivity contribution in [2.75, 3.05) is 0 Å². The Hall–Kier alpha value is -6.70. The molecular formula is C45H30N6S. The number of rotatable bonds is 6. The summed E-state index contributed by atoms with van der Waals surface area (Å²) in [5.41, 5.74) is 11.2. The number of para-hydroxylation sites is 4. The van der Waals surface area contributed by atoms with E-state index in [0.29, 0.717) is 5.82 Å². The van der Waals surface area contributed by atoms with Gasteiger partial charge in [-0.2, -0.15) is 0 Å². The Balaban J connectivity index is 1.11. The zero-order chi connectivity index (χ0) is 34.8. The molecule has 4 heterocycles. The highest BCUT2D eigenvalue weighted by atomic mass is 32.1. The lowest BCUT2D eigenvalue weighted by Gasteiger charge is -2.09. The molecule has 0 aliphatic heterocycles. The Bertz CT molecular complexity index is 3040. The van der Waals surface area contributed by atoms with Crippen LogP contribution in [-0.4, -0.2) is 31.0 Å². The SMILES string of the molecule is C=N/C(=C\c1c(C)sc2nnc(-c3ccc4c5ccccc5n(-c5ccccc5)c4c3)nc12)c1ccc2c3ccccc3n(-c3ccccc3)c2c1. The first-order chi connectivity index (χ1) is 25.7. The summed E-state index contributed by atoms with van der Waals surface area (Å²) in [6.07, 6.45) is 2.09. The normalized spacial score (nSPS) is 12.1. The molecule has 0 radical (unpaired) electrons. The van der Waals surface area contributed by atoms with Crippen molar-refractivity contribution in [2.24, 2.45) is 4.99 Å². The van der Waals surface area contributed by atoms with E-state index in [1.165, 1.54) is 21.5 Å². The van der Waals surface area contributed by atoms with Crippen LogP contribution in [0.5, 0.6) is 0 Å². The quantitative estimate of drug-likeness (QED) is 0.164. The van der Waals surface area contributed by atoms with Crippen LogP contribution in [0.2, 0.25) is 0 Å². The summed E-state index contributed by atoms with van der Waals surface area (Å²) in [6, 6.07) is 51.0. The van der Waals surface area contributed by atoms with Crippen molar-refractivity contribution in [3.05, 3.63) is 162 Å². The first kappa shape index (κ1) is 30.2. The van der Waals surface area contributed by atoms with Crippen molar-refractivity contribution in [3.63, 3.8) is 0 Å². The van der Waals surface area contributed by atoms with Gasteiger partial charge in [-0.25, -0.2) is 4.98 Å². The lowest BCUT2D eigenvalue weighted by atomic mass is 10.1. The molecule has 0 aliphatic rings. The van der Waals surface area contributed by atoms with Crippen LogP contribution in [0.15, 0.2) is 151 Å². The van der Waals surface area contributed by atoms with Gasteiger partial charge in [0.2, 0.25) is 0 Å². The van der Waals surface area contributed by atoms with Crippen LogP contribution >= 0.6 is 11.3 Å². The molecule has 52 heavy (non-hydrogen) atoms. The summed E-state index contributed by atoms with van der Waals surface area (Å²) in [5, 5.41) is 14.1. The third-order valence-electron chi connectivity index (χ3n) is 9.92. The average Bonchev–Trinajstić information content (AvgIpc) is 3.83. The first-order valence-electron chi connectivity index (χ1n) is 17.2. The molecule has 6 nitrogen and oxygen atoms in total. The van der Waals surface area contributed by atoms with Crippen molar-refractivity contribution in [1.29, 1.82) is 0 Å². The maximum Gasteiger partial charge on any atom is 0.182 e. The first-order valence-corrected chi connectivity index (χ1v) is 18.0. The highest BCUT2D eigenvalue weighted by molar-refractivity contribution is 7.18. The van der Waals surface area contributed by atoms with Gasteiger partial charge in [0.25, 0.3) is 0 Å². The molecule has 0 spiro atoms. The summed E-state index contributed by atoms with van der Waals surface area (Å²) in [4.78, 5) is 11.6. The maximum atomic E-state index is 5.16. The zero-order valence-electron chi connectivity index (χ0n) is 28.2. The monoisotopic (exact) mass is 686 g/mol.